The van der Waals surface area contributed by atoms with Crippen LogP contribution in [0.3, 0.4) is 0 Å². The molecule has 0 fully saturated rings. The van der Waals surface area contributed by atoms with Gasteiger partial charge in [-0.05, 0) is 29.0 Å². The summed E-state index contributed by atoms with van der Waals surface area (Å²) in [5, 5.41) is 18.5. The number of rotatable bonds is 4. The summed E-state index contributed by atoms with van der Waals surface area (Å²) >= 11 is 6.93. The number of carboxylic acid groups (broad SMARTS) is 1. The molecule has 1 amide bonds. The Morgan fingerprint density at radius 2 is 2.20 bits per heavy atom. The quantitative estimate of drug-likeness (QED) is 0.836. The van der Waals surface area contributed by atoms with Gasteiger partial charge in [0.05, 0.1) is 0 Å². The predicted octanol–water partition coefficient (Wildman–Crippen LogP) is 1.94. The van der Waals surface area contributed by atoms with Crippen LogP contribution in [-0.2, 0) is 4.79 Å². The van der Waals surface area contributed by atoms with Crippen molar-refractivity contribution in [2.24, 2.45) is 0 Å². The summed E-state index contributed by atoms with van der Waals surface area (Å²) in [7, 11) is 0. The van der Waals surface area contributed by atoms with Crippen molar-refractivity contribution < 1.29 is 14.7 Å². The zero-order valence-corrected chi connectivity index (χ0v) is 11.4. The summed E-state index contributed by atoms with van der Waals surface area (Å²) < 4.78 is 3.52. The van der Waals surface area contributed by atoms with Crippen LogP contribution in [0.4, 0.5) is 5.13 Å². The van der Waals surface area contributed by atoms with Crippen LogP contribution >= 0.6 is 23.1 Å². The first-order valence-corrected chi connectivity index (χ1v) is 6.38. The van der Waals surface area contributed by atoms with Crippen molar-refractivity contribution in [3.63, 3.8) is 0 Å². The molecule has 0 saturated heterocycles. The lowest BCUT2D eigenvalue weighted by Crippen LogP contribution is -2.11. The fourth-order valence-corrected chi connectivity index (χ4v) is 1.92. The normalized spacial score (nSPS) is 10.7. The van der Waals surface area contributed by atoms with E-state index in [0.29, 0.717) is 11.1 Å². The smallest absolute Gasteiger partial charge is 0.328 e. The Kier molecular flexibility index (Phi) is 4.38. The van der Waals surface area contributed by atoms with Crippen LogP contribution in [0.15, 0.2) is 24.3 Å². The van der Waals surface area contributed by atoms with Gasteiger partial charge in [-0.15, -0.1) is 0 Å². The molecule has 0 aliphatic heterocycles. The van der Waals surface area contributed by atoms with Crippen LogP contribution in [-0.4, -0.2) is 31.8 Å². The number of halogens is 1. The standard InChI is InChI=1S/C11H7ClN4O3S/c12-8-5-7(2-1-6(8)3-4-9(17)18)10(19)13-11-14-15-16-20-11/h1-5H,(H,17,18)(H,13,14,16,19)/b4-3+. The number of anilines is 1. The second-order valence-corrected chi connectivity index (χ2v) is 4.67. The lowest BCUT2D eigenvalue weighted by Gasteiger charge is -2.03. The van der Waals surface area contributed by atoms with E-state index in [4.69, 9.17) is 16.7 Å². The minimum absolute atomic E-state index is 0.269. The molecule has 1 aromatic carbocycles. The molecular weight excluding hydrogens is 304 g/mol. The maximum Gasteiger partial charge on any atom is 0.328 e. The molecule has 2 N–H and O–H groups in total. The monoisotopic (exact) mass is 310 g/mol. The molecule has 0 aliphatic rings. The highest BCUT2D eigenvalue weighted by atomic mass is 35.5. The second kappa shape index (κ2) is 6.22. The lowest BCUT2D eigenvalue weighted by atomic mass is 10.1. The molecule has 9 heteroatoms. The van der Waals surface area contributed by atoms with Gasteiger partial charge < -0.3 is 5.11 Å². The summed E-state index contributed by atoms with van der Waals surface area (Å²) in [6.07, 6.45) is 2.31. The van der Waals surface area contributed by atoms with Crippen LogP contribution in [0.1, 0.15) is 15.9 Å². The Balaban J connectivity index is 2.16. The maximum absolute atomic E-state index is 11.9. The van der Waals surface area contributed by atoms with E-state index in [1.807, 2.05) is 0 Å². The van der Waals surface area contributed by atoms with Gasteiger partial charge in [-0.25, -0.2) is 4.79 Å². The van der Waals surface area contributed by atoms with Crippen molar-refractivity contribution in [2.45, 2.75) is 0 Å². The lowest BCUT2D eigenvalue weighted by molar-refractivity contribution is -0.131. The van der Waals surface area contributed by atoms with E-state index in [2.05, 4.69) is 20.1 Å². The first-order valence-electron chi connectivity index (χ1n) is 5.23. The molecule has 0 bridgehead atoms. The first-order chi connectivity index (χ1) is 9.56. The molecule has 2 rings (SSSR count). The fraction of sp³-hybridized carbons (Fsp3) is 0. The first kappa shape index (κ1) is 14.1. The average molecular weight is 311 g/mol. The number of amides is 1. The van der Waals surface area contributed by atoms with E-state index in [1.165, 1.54) is 18.2 Å². The van der Waals surface area contributed by atoms with Gasteiger partial charge in [-0.3, -0.25) is 10.1 Å². The molecule has 20 heavy (non-hydrogen) atoms. The van der Waals surface area contributed by atoms with E-state index >= 15 is 0 Å². The zero-order valence-electron chi connectivity index (χ0n) is 9.78. The third-order valence-electron chi connectivity index (χ3n) is 2.19. The zero-order chi connectivity index (χ0) is 14.5. The number of aromatic nitrogens is 3. The summed E-state index contributed by atoms with van der Waals surface area (Å²) in [6.45, 7) is 0. The molecule has 0 unspecified atom stereocenters. The van der Waals surface area contributed by atoms with Crippen molar-refractivity contribution in [3.8, 4) is 0 Å². The Hall–Kier alpha value is -2.32. The van der Waals surface area contributed by atoms with Gasteiger partial charge in [0.15, 0.2) is 0 Å². The van der Waals surface area contributed by atoms with Crippen LogP contribution < -0.4 is 5.32 Å². The highest BCUT2D eigenvalue weighted by Gasteiger charge is 2.10. The van der Waals surface area contributed by atoms with E-state index in [0.717, 1.165) is 17.6 Å². The summed E-state index contributed by atoms with van der Waals surface area (Å²) in [4.78, 5) is 22.3. The van der Waals surface area contributed by atoms with Crippen molar-refractivity contribution in [1.82, 2.24) is 14.8 Å². The number of aliphatic carboxylic acids is 1. The topological polar surface area (TPSA) is 105 Å². The van der Waals surface area contributed by atoms with Crippen LogP contribution in [0.5, 0.6) is 0 Å². The molecule has 0 aliphatic carbocycles. The van der Waals surface area contributed by atoms with Gasteiger partial charge in [0.1, 0.15) is 0 Å². The molecule has 1 aromatic heterocycles. The highest BCUT2D eigenvalue weighted by Crippen LogP contribution is 2.20. The van der Waals surface area contributed by atoms with Crippen LogP contribution in [0.25, 0.3) is 6.08 Å². The second-order valence-electron chi connectivity index (χ2n) is 3.53. The SMILES string of the molecule is O=C(O)/C=C/c1ccc(C(=O)Nc2nnns2)cc1Cl. The van der Waals surface area contributed by atoms with E-state index in [1.54, 1.807) is 6.07 Å². The third-order valence-corrected chi connectivity index (χ3v) is 3.03. The van der Waals surface area contributed by atoms with E-state index < -0.39 is 11.9 Å². The number of hydrogen-bond acceptors (Lipinski definition) is 6. The fourth-order valence-electron chi connectivity index (χ4n) is 1.32. The molecule has 2 aromatic rings. The maximum atomic E-state index is 11.9. The van der Waals surface area contributed by atoms with Crippen molar-refractivity contribution >= 4 is 46.2 Å². The number of carboxylic acids is 1. The number of nitrogens with zero attached hydrogens (tertiary/aromatic N) is 3. The van der Waals surface area contributed by atoms with Gasteiger partial charge >= 0.3 is 5.97 Å². The largest absolute Gasteiger partial charge is 0.478 e. The summed E-state index contributed by atoms with van der Waals surface area (Å²) in [5.41, 5.74) is 0.820. The number of nitrogens with one attached hydrogen (secondary N) is 1. The molecule has 1 heterocycles. The van der Waals surface area contributed by atoms with Gasteiger partial charge in [0.25, 0.3) is 5.91 Å². The van der Waals surface area contributed by atoms with Gasteiger partial charge in [0.2, 0.25) is 5.13 Å². The average Bonchev–Trinajstić information content (AvgIpc) is 2.89. The Morgan fingerprint density at radius 1 is 1.40 bits per heavy atom. The summed E-state index contributed by atoms with van der Waals surface area (Å²) in [5.74, 6) is -1.48. The van der Waals surface area contributed by atoms with Gasteiger partial charge in [-0.1, -0.05) is 27.3 Å². The third kappa shape index (κ3) is 3.59. The number of carbonyl (C=O) groups is 2. The molecule has 0 saturated carbocycles. The molecule has 0 radical (unpaired) electrons. The number of carbonyl (C=O) groups excluding carboxylic acids is 1. The number of benzene rings is 1. The minimum atomic E-state index is -1.08. The number of hydrogen-bond donors (Lipinski definition) is 2. The van der Waals surface area contributed by atoms with Crippen molar-refractivity contribution in [1.29, 1.82) is 0 Å². The molecule has 7 nitrogen and oxygen atoms in total. The Labute approximate surface area is 122 Å². The van der Waals surface area contributed by atoms with Crippen LogP contribution in [0, 0.1) is 0 Å². The summed E-state index contributed by atoms with van der Waals surface area (Å²) in [6, 6.07) is 4.51. The predicted molar refractivity (Wildman–Crippen MR) is 73.8 cm³/mol. The van der Waals surface area contributed by atoms with Crippen LogP contribution in [0.2, 0.25) is 5.02 Å². The Bertz CT molecular complexity index is 672. The molecule has 102 valence electrons. The van der Waals surface area contributed by atoms with Crippen molar-refractivity contribution in [3.05, 3.63) is 40.4 Å². The van der Waals surface area contributed by atoms with E-state index in [-0.39, 0.29) is 10.2 Å². The highest BCUT2D eigenvalue weighted by molar-refractivity contribution is 7.09. The molecular formula is C11H7ClN4O3S. The van der Waals surface area contributed by atoms with Gasteiger partial charge in [0, 0.05) is 28.2 Å². The molecule has 0 atom stereocenters. The Morgan fingerprint density at radius 3 is 2.80 bits per heavy atom. The molecule has 0 spiro atoms. The van der Waals surface area contributed by atoms with Gasteiger partial charge in [-0.2, -0.15) is 0 Å². The van der Waals surface area contributed by atoms with Crippen molar-refractivity contribution in [2.75, 3.05) is 5.32 Å². The minimum Gasteiger partial charge on any atom is -0.478 e. The van der Waals surface area contributed by atoms with E-state index in [9.17, 15) is 9.59 Å².